The summed E-state index contributed by atoms with van der Waals surface area (Å²) in [5.74, 6) is 1.22. The molecule has 2 aromatic carbocycles. The van der Waals surface area contributed by atoms with Gasteiger partial charge in [-0.15, -0.1) is 0 Å². The molecule has 0 atom stereocenters. The maximum atomic E-state index is 6.02. The fraction of sp³-hybridized carbons (Fsp3) is 0.0667. The first kappa shape index (κ1) is 13.9. The number of fused-ring (bicyclic) bond motifs is 1. The van der Waals surface area contributed by atoms with E-state index in [4.69, 9.17) is 27.9 Å². The molecule has 21 heavy (non-hydrogen) atoms. The van der Waals surface area contributed by atoms with E-state index in [2.05, 4.69) is 15.3 Å². The third kappa shape index (κ3) is 2.86. The van der Waals surface area contributed by atoms with Crippen LogP contribution >= 0.6 is 23.2 Å². The molecule has 0 radical (unpaired) electrons. The van der Waals surface area contributed by atoms with E-state index in [1.807, 2.05) is 30.3 Å². The Morgan fingerprint density at radius 3 is 2.67 bits per heavy atom. The molecular weight excluding hydrogens is 309 g/mol. The van der Waals surface area contributed by atoms with Crippen molar-refractivity contribution in [2.24, 2.45) is 0 Å². The standard InChI is InChI=1S/C15H11Cl2N3O/c1-21-13-8-9(6-7-11(13)16)18-14-10-4-2-3-5-12(10)19-15(17)20-14/h2-8H,1H3,(H,18,19,20). The van der Waals surface area contributed by atoms with Gasteiger partial charge in [0.2, 0.25) is 5.28 Å². The smallest absolute Gasteiger partial charge is 0.224 e. The average molecular weight is 320 g/mol. The van der Waals surface area contributed by atoms with Crippen LogP contribution in [-0.2, 0) is 0 Å². The fourth-order valence-electron chi connectivity index (χ4n) is 2.02. The third-order valence-corrected chi connectivity index (χ3v) is 3.47. The number of ether oxygens (including phenoxy) is 1. The van der Waals surface area contributed by atoms with Gasteiger partial charge in [0.25, 0.3) is 0 Å². The van der Waals surface area contributed by atoms with Crippen molar-refractivity contribution in [3.63, 3.8) is 0 Å². The number of halogens is 2. The summed E-state index contributed by atoms with van der Waals surface area (Å²) in [4.78, 5) is 8.44. The van der Waals surface area contributed by atoms with Crippen LogP contribution in [0.25, 0.3) is 10.9 Å². The summed E-state index contributed by atoms with van der Waals surface area (Å²) in [6, 6.07) is 13.0. The van der Waals surface area contributed by atoms with E-state index in [9.17, 15) is 0 Å². The van der Waals surface area contributed by atoms with Crippen LogP contribution < -0.4 is 10.1 Å². The predicted octanol–water partition coefficient (Wildman–Crippen LogP) is 4.69. The zero-order valence-electron chi connectivity index (χ0n) is 11.1. The number of nitrogens with one attached hydrogen (secondary N) is 1. The van der Waals surface area contributed by atoms with Gasteiger partial charge in [0, 0.05) is 17.1 Å². The molecule has 0 spiro atoms. The first-order valence-electron chi connectivity index (χ1n) is 6.20. The third-order valence-electron chi connectivity index (χ3n) is 2.99. The zero-order valence-corrected chi connectivity index (χ0v) is 12.6. The molecule has 0 unspecified atom stereocenters. The topological polar surface area (TPSA) is 47.0 Å². The minimum atomic E-state index is 0.192. The Kier molecular flexibility index (Phi) is 3.82. The molecule has 3 aromatic rings. The van der Waals surface area contributed by atoms with Gasteiger partial charge in [0.05, 0.1) is 17.6 Å². The van der Waals surface area contributed by atoms with E-state index >= 15 is 0 Å². The normalized spacial score (nSPS) is 10.6. The van der Waals surface area contributed by atoms with Crippen LogP contribution in [0.15, 0.2) is 42.5 Å². The van der Waals surface area contributed by atoms with Crippen molar-refractivity contribution >= 4 is 45.6 Å². The second-order valence-electron chi connectivity index (χ2n) is 4.33. The largest absolute Gasteiger partial charge is 0.495 e. The predicted molar refractivity (Wildman–Crippen MR) is 85.8 cm³/mol. The Morgan fingerprint density at radius 2 is 1.86 bits per heavy atom. The Labute approximate surface area is 131 Å². The van der Waals surface area contributed by atoms with Crippen molar-refractivity contribution in [1.29, 1.82) is 0 Å². The second-order valence-corrected chi connectivity index (χ2v) is 5.08. The van der Waals surface area contributed by atoms with E-state index in [-0.39, 0.29) is 5.28 Å². The van der Waals surface area contributed by atoms with Gasteiger partial charge in [-0.25, -0.2) is 4.98 Å². The SMILES string of the molecule is COc1cc(Nc2nc(Cl)nc3ccccc23)ccc1Cl. The zero-order chi connectivity index (χ0) is 14.8. The van der Waals surface area contributed by atoms with Crippen LogP contribution in [0.5, 0.6) is 5.75 Å². The number of nitrogens with zero attached hydrogens (tertiary/aromatic N) is 2. The van der Waals surface area contributed by atoms with Crippen LogP contribution in [0.1, 0.15) is 0 Å². The minimum Gasteiger partial charge on any atom is -0.495 e. The highest BCUT2D eigenvalue weighted by Crippen LogP contribution is 2.30. The molecule has 0 saturated carbocycles. The number of hydrogen-bond acceptors (Lipinski definition) is 4. The highest BCUT2D eigenvalue weighted by molar-refractivity contribution is 6.32. The molecule has 3 rings (SSSR count). The van der Waals surface area contributed by atoms with E-state index < -0.39 is 0 Å². The number of aromatic nitrogens is 2. The lowest BCUT2D eigenvalue weighted by Crippen LogP contribution is -1.97. The lowest BCUT2D eigenvalue weighted by molar-refractivity contribution is 0.415. The van der Waals surface area contributed by atoms with E-state index in [1.54, 1.807) is 19.2 Å². The summed E-state index contributed by atoms with van der Waals surface area (Å²) in [6.07, 6.45) is 0. The van der Waals surface area contributed by atoms with Gasteiger partial charge in [-0.05, 0) is 35.9 Å². The van der Waals surface area contributed by atoms with Crippen LogP contribution in [0.4, 0.5) is 11.5 Å². The molecule has 0 amide bonds. The molecule has 4 nitrogen and oxygen atoms in total. The summed E-state index contributed by atoms with van der Waals surface area (Å²) >= 11 is 12.0. The van der Waals surface area contributed by atoms with E-state index in [1.165, 1.54) is 0 Å². The molecule has 1 N–H and O–H groups in total. The first-order chi connectivity index (χ1) is 10.2. The minimum absolute atomic E-state index is 0.192. The maximum Gasteiger partial charge on any atom is 0.224 e. The highest BCUT2D eigenvalue weighted by atomic mass is 35.5. The number of para-hydroxylation sites is 1. The van der Waals surface area contributed by atoms with Gasteiger partial charge in [-0.2, -0.15) is 4.98 Å². The first-order valence-corrected chi connectivity index (χ1v) is 6.96. The van der Waals surface area contributed by atoms with Gasteiger partial charge in [0.15, 0.2) is 0 Å². The molecule has 106 valence electrons. The molecule has 6 heteroatoms. The van der Waals surface area contributed by atoms with Crippen LogP contribution in [-0.4, -0.2) is 17.1 Å². The Bertz CT molecular complexity index is 808. The van der Waals surface area contributed by atoms with Gasteiger partial charge in [-0.1, -0.05) is 23.7 Å². The lowest BCUT2D eigenvalue weighted by Gasteiger charge is -2.11. The molecule has 0 aliphatic carbocycles. The Morgan fingerprint density at radius 1 is 1.05 bits per heavy atom. The molecule has 0 aliphatic rings. The number of methoxy groups -OCH3 is 1. The Balaban J connectivity index is 2.05. The number of rotatable bonds is 3. The van der Waals surface area contributed by atoms with Crippen molar-refractivity contribution in [2.45, 2.75) is 0 Å². The van der Waals surface area contributed by atoms with Gasteiger partial charge < -0.3 is 10.1 Å². The molecule has 1 aromatic heterocycles. The van der Waals surface area contributed by atoms with Crippen molar-refractivity contribution in [2.75, 3.05) is 12.4 Å². The van der Waals surface area contributed by atoms with E-state index in [0.717, 1.165) is 16.6 Å². The molecule has 0 bridgehead atoms. The van der Waals surface area contributed by atoms with Crippen LogP contribution in [0.2, 0.25) is 10.3 Å². The summed E-state index contributed by atoms with van der Waals surface area (Å²) < 4.78 is 5.20. The van der Waals surface area contributed by atoms with E-state index in [0.29, 0.717) is 16.6 Å². The Hall–Kier alpha value is -2.04. The molecule has 0 saturated heterocycles. The highest BCUT2D eigenvalue weighted by Gasteiger charge is 2.08. The van der Waals surface area contributed by atoms with Crippen molar-refractivity contribution in [3.05, 3.63) is 52.8 Å². The number of benzene rings is 2. The van der Waals surface area contributed by atoms with Crippen molar-refractivity contribution in [1.82, 2.24) is 9.97 Å². The van der Waals surface area contributed by atoms with Crippen molar-refractivity contribution < 1.29 is 4.74 Å². The van der Waals surface area contributed by atoms with Crippen LogP contribution in [0.3, 0.4) is 0 Å². The molecule has 1 heterocycles. The summed E-state index contributed by atoms with van der Waals surface area (Å²) in [7, 11) is 1.57. The number of hydrogen-bond donors (Lipinski definition) is 1. The number of anilines is 2. The molecular formula is C15H11Cl2N3O. The average Bonchev–Trinajstić information content (AvgIpc) is 2.49. The van der Waals surface area contributed by atoms with Crippen LogP contribution in [0, 0.1) is 0 Å². The van der Waals surface area contributed by atoms with Crippen molar-refractivity contribution in [3.8, 4) is 5.75 Å². The van der Waals surface area contributed by atoms with Gasteiger partial charge >= 0.3 is 0 Å². The summed E-state index contributed by atoms with van der Waals surface area (Å²) in [5, 5.41) is 4.84. The second kappa shape index (κ2) is 5.76. The maximum absolute atomic E-state index is 6.02. The lowest BCUT2D eigenvalue weighted by atomic mass is 10.2. The summed E-state index contributed by atoms with van der Waals surface area (Å²) in [6.45, 7) is 0. The van der Waals surface area contributed by atoms with Gasteiger partial charge in [0.1, 0.15) is 11.6 Å². The molecule has 0 fully saturated rings. The fourth-order valence-corrected chi connectivity index (χ4v) is 2.39. The van der Waals surface area contributed by atoms with Gasteiger partial charge in [-0.3, -0.25) is 0 Å². The monoisotopic (exact) mass is 319 g/mol. The quantitative estimate of drug-likeness (QED) is 0.711. The summed E-state index contributed by atoms with van der Waals surface area (Å²) in [5.41, 5.74) is 1.58. The molecule has 0 aliphatic heterocycles.